The lowest BCUT2D eigenvalue weighted by molar-refractivity contribution is 0.184. The Bertz CT molecular complexity index is 1150. The fourth-order valence-corrected chi connectivity index (χ4v) is 4.52. The van der Waals surface area contributed by atoms with Crippen LogP contribution in [0.2, 0.25) is 0 Å². The van der Waals surface area contributed by atoms with Crippen molar-refractivity contribution in [2.24, 2.45) is 4.99 Å². The van der Waals surface area contributed by atoms with Crippen molar-refractivity contribution in [1.29, 1.82) is 0 Å². The maximum Gasteiger partial charge on any atom is 0.191 e. The number of benzene rings is 2. The van der Waals surface area contributed by atoms with E-state index in [-0.39, 0.29) is 24.0 Å². The number of hydrogen-bond donors (Lipinski definition) is 3. The van der Waals surface area contributed by atoms with Crippen molar-refractivity contribution in [3.63, 3.8) is 0 Å². The quantitative estimate of drug-likeness (QED) is 0.177. The Balaban J connectivity index is 0.00000289. The van der Waals surface area contributed by atoms with E-state index in [1.54, 1.807) is 18.4 Å². The molecule has 1 unspecified atom stereocenters. The van der Waals surface area contributed by atoms with Crippen LogP contribution in [0.15, 0.2) is 72.0 Å². The van der Waals surface area contributed by atoms with E-state index in [0.29, 0.717) is 19.0 Å². The Morgan fingerprint density at radius 3 is 2.69 bits per heavy atom. The van der Waals surface area contributed by atoms with E-state index in [4.69, 9.17) is 0 Å². The van der Waals surface area contributed by atoms with Gasteiger partial charge in [-0.25, -0.2) is 4.98 Å². The van der Waals surface area contributed by atoms with Gasteiger partial charge in [-0.2, -0.15) is 0 Å². The van der Waals surface area contributed by atoms with Crippen LogP contribution in [0.5, 0.6) is 0 Å². The molecular formula is C24H28IN5OS. The zero-order valence-corrected chi connectivity index (χ0v) is 21.3. The van der Waals surface area contributed by atoms with Crippen LogP contribution >= 0.6 is 35.3 Å². The number of thiophene rings is 1. The molecule has 6 nitrogen and oxygen atoms in total. The summed E-state index contributed by atoms with van der Waals surface area (Å²) >= 11 is 1.62. The first-order chi connectivity index (χ1) is 15.1. The highest BCUT2D eigenvalue weighted by Crippen LogP contribution is 2.29. The lowest BCUT2D eigenvalue weighted by Crippen LogP contribution is -2.38. The molecule has 0 amide bonds. The summed E-state index contributed by atoms with van der Waals surface area (Å²) in [6.45, 7) is 3.85. The van der Waals surface area contributed by atoms with Gasteiger partial charge in [-0.3, -0.25) is 4.99 Å². The molecule has 168 valence electrons. The van der Waals surface area contributed by atoms with Crippen molar-refractivity contribution >= 4 is 51.4 Å². The van der Waals surface area contributed by atoms with Gasteiger partial charge in [0.1, 0.15) is 11.9 Å². The number of nitrogens with one attached hydrogen (secondary N) is 2. The fourth-order valence-electron chi connectivity index (χ4n) is 3.47. The third-order valence-electron chi connectivity index (χ3n) is 5.19. The van der Waals surface area contributed by atoms with Crippen LogP contribution in [0, 0.1) is 6.92 Å². The van der Waals surface area contributed by atoms with Gasteiger partial charge in [-0.05, 0) is 35.6 Å². The number of rotatable bonds is 7. The predicted octanol–water partition coefficient (Wildman–Crippen LogP) is 4.47. The molecule has 0 saturated heterocycles. The standard InChI is InChI=1S/C24H27N5OS.HI/c1-17-26-10-11-29(17)16-19-7-5-6-18(12-19)14-27-24(25-2)28-15-21(30)23-13-20-8-3-4-9-22(20)31-23;/h3-13,21,30H,14-16H2,1-2H3,(H2,25,27,28);1H. The summed E-state index contributed by atoms with van der Waals surface area (Å²) in [7, 11) is 1.74. The van der Waals surface area contributed by atoms with Crippen molar-refractivity contribution in [3.05, 3.63) is 88.8 Å². The number of guanidine groups is 1. The molecule has 32 heavy (non-hydrogen) atoms. The van der Waals surface area contributed by atoms with E-state index in [1.165, 1.54) is 15.8 Å². The Morgan fingerprint density at radius 2 is 1.94 bits per heavy atom. The molecule has 4 aromatic rings. The summed E-state index contributed by atoms with van der Waals surface area (Å²) in [6.07, 6.45) is 3.23. The predicted molar refractivity (Wildman–Crippen MR) is 143 cm³/mol. The summed E-state index contributed by atoms with van der Waals surface area (Å²) in [5, 5.41) is 18.3. The van der Waals surface area contributed by atoms with Crippen LogP contribution in [-0.2, 0) is 13.1 Å². The average molecular weight is 561 g/mol. The lowest BCUT2D eigenvalue weighted by atomic mass is 10.1. The molecule has 0 radical (unpaired) electrons. The number of imidazole rings is 1. The molecule has 4 rings (SSSR count). The van der Waals surface area contributed by atoms with E-state index < -0.39 is 6.10 Å². The van der Waals surface area contributed by atoms with Crippen molar-refractivity contribution in [1.82, 2.24) is 20.2 Å². The van der Waals surface area contributed by atoms with Crippen molar-refractivity contribution < 1.29 is 5.11 Å². The van der Waals surface area contributed by atoms with Crippen LogP contribution in [-0.4, -0.2) is 34.2 Å². The molecule has 2 aromatic heterocycles. The first-order valence-electron chi connectivity index (χ1n) is 10.3. The molecule has 0 fully saturated rings. The number of aromatic nitrogens is 2. The van der Waals surface area contributed by atoms with Gasteiger partial charge in [-0.1, -0.05) is 42.5 Å². The zero-order chi connectivity index (χ0) is 21.6. The summed E-state index contributed by atoms with van der Waals surface area (Å²) < 4.78 is 3.31. The Kier molecular flexibility index (Phi) is 8.66. The molecule has 0 aliphatic heterocycles. The van der Waals surface area contributed by atoms with Gasteiger partial charge in [-0.15, -0.1) is 35.3 Å². The number of aliphatic hydroxyl groups excluding tert-OH is 1. The minimum absolute atomic E-state index is 0. The topological polar surface area (TPSA) is 74.5 Å². The van der Waals surface area contributed by atoms with E-state index in [0.717, 1.165) is 22.6 Å². The Hall–Kier alpha value is -2.43. The van der Waals surface area contributed by atoms with Gasteiger partial charge < -0.3 is 20.3 Å². The van der Waals surface area contributed by atoms with Gasteiger partial charge in [0.15, 0.2) is 5.96 Å². The maximum absolute atomic E-state index is 10.6. The zero-order valence-electron chi connectivity index (χ0n) is 18.2. The summed E-state index contributed by atoms with van der Waals surface area (Å²) in [6, 6.07) is 18.7. The molecule has 0 aliphatic rings. The number of nitrogens with zero attached hydrogens (tertiary/aromatic N) is 3. The largest absolute Gasteiger partial charge is 0.386 e. The molecule has 0 aliphatic carbocycles. The highest BCUT2D eigenvalue weighted by molar-refractivity contribution is 14.0. The minimum atomic E-state index is -0.585. The Morgan fingerprint density at radius 1 is 1.12 bits per heavy atom. The van der Waals surface area contributed by atoms with Gasteiger partial charge in [0.2, 0.25) is 0 Å². The smallest absolute Gasteiger partial charge is 0.191 e. The molecule has 3 N–H and O–H groups in total. The van der Waals surface area contributed by atoms with Crippen molar-refractivity contribution in [2.75, 3.05) is 13.6 Å². The van der Waals surface area contributed by atoms with Gasteiger partial charge >= 0.3 is 0 Å². The second-order valence-electron chi connectivity index (χ2n) is 7.43. The molecule has 2 heterocycles. The van der Waals surface area contributed by atoms with Crippen molar-refractivity contribution in [3.8, 4) is 0 Å². The van der Waals surface area contributed by atoms with E-state index in [2.05, 4.69) is 67.6 Å². The maximum atomic E-state index is 10.6. The van der Waals surface area contributed by atoms with Crippen LogP contribution in [0.25, 0.3) is 10.1 Å². The molecule has 0 bridgehead atoms. The van der Waals surface area contributed by atoms with Crippen LogP contribution in [0.4, 0.5) is 0 Å². The number of halogens is 1. The monoisotopic (exact) mass is 561 g/mol. The Labute approximate surface area is 209 Å². The molecular weight excluding hydrogens is 533 g/mol. The van der Waals surface area contributed by atoms with Crippen LogP contribution in [0.3, 0.4) is 0 Å². The van der Waals surface area contributed by atoms with Crippen LogP contribution < -0.4 is 10.6 Å². The molecule has 2 aromatic carbocycles. The number of fused-ring (bicyclic) bond motifs is 1. The molecule has 8 heteroatoms. The van der Waals surface area contributed by atoms with Crippen molar-refractivity contribution in [2.45, 2.75) is 26.1 Å². The van der Waals surface area contributed by atoms with E-state index >= 15 is 0 Å². The van der Waals surface area contributed by atoms with E-state index in [1.807, 2.05) is 31.5 Å². The average Bonchev–Trinajstić information content (AvgIpc) is 3.40. The first kappa shape index (κ1) is 24.2. The summed E-state index contributed by atoms with van der Waals surface area (Å²) in [5.74, 6) is 1.67. The molecule has 1 atom stereocenters. The van der Waals surface area contributed by atoms with E-state index in [9.17, 15) is 5.11 Å². The third-order valence-corrected chi connectivity index (χ3v) is 6.40. The fraction of sp³-hybridized carbons (Fsp3) is 0.250. The summed E-state index contributed by atoms with van der Waals surface area (Å²) in [5.41, 5.74) is 2.40. The van der Waals surface area contributed by atoms with Crippen LogP contribution in [0.1, 0.15) is 27.9 Å². The molecule has 0 saturated carbocycles. The first-order valence-corrected chi connectivity index (χ1v) is 11.1. The second kappa shape index (κ2) is 11.4. The minimum Gasteiger partial charge on any atom is -0.386 e. The molecule has 0 spiro atoms. The number of aliphatic hydroxyl groups is 1. The third kappa shape index (κ3) is 6.08. The van der Waals surface area contributed by atoms with Gasteiger partial charge in [0.25, 0.3) is 0 Å². The summed E-state index contributed by atoms with van der Waals surface area (Å²) in [4.78, 5) is 9.51. The second-order valence-corrected chi connectivity index (χ2v) is 8.55. The lowest BCUT2D eigenvalue weighted by Gasteiger charge is -2.15. The highest BCUT2D eigenvalue weighted by atomic mass is 127. The normalized spacial score (nSPS) is 12.4. The highest BCUT2D eigenvalue weighted by Gasteiger charge is 2.12. The van der Waals surface area contributed by atoms with Gasteiger partial charge in [0, 0.05) is 48.7 Å². The number of hydrogen-bond acceptors (Lipinski definition) is 4. The van der Waals surface area contributed by atoms with Gasteiger partial charge in [0.05, 0.1) is 0 Å². The number of aliphatic imine (C=N–C) groups is 1. The number of aryl methyl sites for hydroxylation is 1. The SMILES string of the molecule is CN=C(NCc1cccc(Cn2ccnc2C)c1)NCC(O)c1cc2ccccc2s1.I.